The van der Waals surface area contributed by atoms with Gasteiger partial charge in [0.15, 0.2) is 0 Å². The predicted octanol–water partition coefficient (Wildman–Crippen LogP) is 1.30. The summed E-state index contributed by atoms with van der Waals surface area (Å²) in [5.41, 5.74) is 7.76. The normalized spacial score (nSPS) is 13.5. The second-order valence-corrected chi connectivity index (χ2v) is 3.24. The molecule has 1 aromatic rings. The van der Waals surface area contributed by atoms with Crippen LogP contribution in [0.2, 0.25) is 0 Å². The molecule has 0 saturated heterocycles. The van der Waals surface area contributed by atoms with E-state index in [0.29, 0.717) is 0 Å². The zero-order valence-corrected chi connectivity index (χ0v) is 8.67. The van der Waals surface area contributed by atoms with Crippen LogP contribution >= 0.6 is 0 Å². The summed E-state index contributed by atoms with van der Waals surface area (Å²) in [6, 6.07) is 5.51. The first-order valence-corrected chi connectivity index (χ1v) is 4.68. The molecule has 0 aromatic heterocycles. The highest BCUT2D eigenvalue weighted by atomic mass is 16.6. The highest BCUT2D eigenvalue weighted by molar-refractivity contribution is 5.41. The summed E-state index contributed by atoms with van der Waals surface area (Å²) >= 11 is 0. The lowest BCUT2D eigenvalue weighted by Crippen LogP contribution is -2.21. The molecular formula is C9H10N4O4. The van der Waals surface area contributed by atoms with Crippen molar-refractivity contribution in [2.24, 2.45) is 5.11 Å². The van der Waals surface area contributed by atoms with Crippen molar-refractivity contribution in [3.8, 4) is 0 Å². The minimum Gasteiger partial charge on any atom is -0.390 e. The molecule has 8 heteroatoms. The van der Waals surface area contributed by atoms with Gasteiger partial charge in [0.2, 0.25) is 0 Å². The van der Waals surface area contributed by atoms with Crippen molar-refractivity contribution >= 4 is 5.69 Å². The fourth-order valence-electron chi connectivity index (χ4n) is 1.33. The van der Waals surface area contributed by atoms with Crippen LogP contribution in [0.25, 0.3) is 10.4 Å². The quantitative estimate of drug-likeness (QED) is 0.263. The Morgan fingerprint density at radius 2 is 2.12 bits per heavy atom. The number of rotatable bonds is 5. The summed E-state index contributed by atoms with van der Waals surface area (Å²) in [6.07, 6.45) is -2.85. The van der Waals surface area contributed by atoms with Crippen molar-refractivity contribution in [1.29, 1.82) is 0 Å². The molecule has 0 spiro atoms. The van der Waals surface area contributed by atoms with E-state index in [2.05, 4.69) is 10.0 Å². The van der Waals surface area contributed by atoms with Crippen molar-refractivity contribution in [1.82, 2.24) is 0 Å². The van der Waals surface area contributed by atoms with Crippen LogP contribution in [-0.2, 0) is 0 Å². The molecule has 0 saturated carbocycles. The molecule has 0 aliphatic rings. The van der Waals surface area contributed by atoms with Crippen LogP contribution in [0.3, 0.4) is 0 Å². The molecule has 2 N–H and O–H groups in total. The predicted molar refractivity (Wildman–Crippen MR) is 58.1 cm³/mol. The fourth-order valence-corrected chi connectivity index (χ4v) is 1.33. The minimum atomic E-state index is -1.47. The van der Waals surface area contributed by atoms with Crippen LogP contribution in [0.5, 0.6) is 0 Å². The minimum absolute atomic E-state index is 0.0156. The van der Waals surface area contributed by atoms with E-state index in [0.717, 1.165) is 0 Å². The van der Waals surface area contributed by atoms with E-state index in [4.69, 9.17) is 5.53 Å². The molecule has 2 atom stereocenters. The Morgan fingerprint density at radius 1 is 1.47 bits per heavy atom. The molecule has 17 heavy (non-hydrogen) atoms. The Morgan fingerprint density at radius 3 is 2.71 bits per heavy atom. The zero-order chi connectivity index (χ0) is 12.8. The van der Waals surface area contributed by atoms with Gasteiger partial charge in [-0.25, -0.2) is 0 Å². The van der Waals surface area contributed by atoms with Crippen LogP contribution < -0.4 is 0 Å². The van der Waals surface area contributed by atoms with Crippen LogP contribution in [0.15, 0.2) is 29.4 Å². The SMILES string of the molecule is [N-]=[N+]=NCC(O)C(O)c1ccccc1[N+](=O)[O-]. The van der Waals surface area contributed by atoms with E-state index in [-0.39, 0.29) is 17.8 Å². The first-order valence-electron chi connectivity index (χ1n) is 4.68. The highest BCUT2D eigenvalue weighted by Crippen LogP contribution is 2.26. The highest BCUT2D eigenvalue weighted by Gasteiger charge is 2.25. The number of aliphatic hydroxyl groups excluding tert-OH is 2. The third kappa shape index (κ3) is 3.15. The molecule has 1 rings (SSSR count). The molecule has 2 unspecified atom stereocenters. The smallest absolute Gasteiger partial charge is 0.275 e. The van der Waals surface area contributed by atoms with Crippen LogP contribution in [-0.4, -0.2) is 27.8 Å². The van der Waals surface area contributed by atoms with Crippen molar-refractivity contribution in [2.45, 2.75) is 12.2 Å². The molecule has 0 heterocycles. The van der Waals surface area contributed by atoms with Crippen molar-refractivity contribution < 1.29 is 15.1 Å². The van der Waals surface area contributed by atoms with Gasteiger partial charge in [-0.2, -0.15) is 0 Å². The van der Waals surface area contributed by atoms with Gasteiger partial charge in [0, 0.05) is 11.0 Å². The summed E-state index contributed by atoms with van der Waals surface area (Å²) < 4.78 is 0. The van der Waals surface area contributed by atoms with E-state index in [9.17, 15) is 20.3 Å². The molecule has 0 aliphatic carbocycles. The number of hydrogen-bond donors (Lipinski definition) is 2. The standard InChI is InChI=1S/C9H10N4O4/c10-12-11-5-8(14)9(15)6-3-1-2-4-7(6)13(16)17/h1-4,8-9,14-15H,5H2. The number of nitro benzene ring substituents is 1. The summed E-state index contributed by atoms with van der Waals surface area (Å²) in [5.74, 6) is 0. The van der Waals surface area contributed by atoms with Gasteiger partial charge < -0.3 is 10.2 Å². The molecule has 0 aliphatic heterocycles. The molecule has 0 amide bonds. The van der Waals surface area contributed by atoms with E-state index < -0.39 is 17.1 Å². The van der Waals surface area contributed by atoms with Gasteiger partial charge in [0.1, 0.15) is 6.10 Å². The van der Waals surface area contributed by atoms with E-state index in [1.807, 2.05) is 0 Å². The van der Waals surface area contributed by atoms with Gasteiger partial charge in [0.25, 0.3) is 5.69 Å². The largest absolute Gasteiger partial charge is 0.390 e. The van der Waals surface area contributed by atoms with Crippen LogP contribution in [0, 0.1) is 10.1 Å². The molecule has 0 radical (unpaired) electrons. The summed E-state index contributed by atoms with van der Waals surface area (Å²) in [6.45, 7) is -0.357. The fraction of sp³-hybridized carbons (Fsp3) is 0.333. The number of nitro groups is 1. The van der Waals surface area contributed by atoms with Gasteiger partial charge in [-0.05, 0) is 11.6 Å². The molecule has 1 aromatic carbocycles. The van der Waals surface area contributed by atoms with E-state index in [1.54, 1.807) is 0 Å². The maximum Gasteiger partial charge on any atom is 0.275 e. The van der Waals surface area contributed by atoms with Crippen molar-refractivity contribution in [3.63, 3.8) is 0 Å². The van der Waals surface area contributed by atoms with Gasteiger partial charge in [-0.1, -0.05) is 17.2 Å². The van der Waals surface area contributed by atoms with E-state index in [1.165, 1.54) is 24.3 Å². The number of aliphatic hydroxyl groups is 2. The topological polar surface area (TPSA) is 132 Å². The number of nitrogens with zero attached hydrogens (tertiary/aromatic N) is 4. The number of benzene rings is 1. The molecule has 90 valence electrons. The first kappa shape index (κ1) is 12.9. The number of para-hydroxylation sites is 1. The van der Waals surface area contributed by atoms with Crippen LogP contribution in [0.4, 0.5) is 5.69 Å². The lowest BCUT2D eigenvalue weighted by molar-refractivity contribution is -0.386. The Hall–Kier alpha value is -2.15. The summed E-state index contributed by atoms with van der Waals surface area (Å²) in [7, 11) is 0. The van der Waals surface area contributed by atoms with Gasteiger partial charge in [-0.3, -0.25) is 10.1 Å². The summed E-state index contributed by atoms with van der Waals surface area (Å²) in [4.78, 5) is 12.5. The molecule has 0 bridgehead atoms. The third-order valence-electron chi connectivity index (χ3n) is 2.15. The Labute approximate surface area is 95.9 Å². The maximum atomic E-state index is 10.7. The third-order valence-corrected chi connectivity index (χ3v) is 2.15. The van der Waals surface area contributed by atoms with Crippen molar-refractivity contribution in [2.75, 3.05) is 6.54 Å². The van der Waals surface area contributed by atoms with Crippen LogP contribution in [0.1, 0.15) is 11.7 Å². The lowest BCUT2D eigenvalue weighted by atomic mass is 10.0. The second-order valence-electron chi connectivity index (χ2n) is 3.24. The number of azide groups is 1. The number of hydrogen-bond acceptors (Lipinski definition) is 5. The van der Waals surface area contributed by atoms with Gasteiger partial charge >= 0.3 is 0 Å². The van der Waals surface area contributed by atoms with Crippen molar-refractivity contribution in [3.05, 3.63) is 50.4 Å². The Balaban J connectivity index is 2.98. The first-order chi connectivity index (χ1) is 8.07. The Bertz CT molecular complexity index is 458. The Kier molecular flexibility index (Phi) is 4.41. The summed E-state index contributed by atoms with van der Waals surface area (Å²) in [5, 5.41) is 33.0. The monoisotopic (exact) mass is 238 g/mol. The zero-order valence-electron chi connectivity index (χ0n) is 8.67. The molecule has 0 fully saturated rings. The lowest BCUT2D eigenvalue weighted by Gasteiger charge is -2.15. The molecular weight excluding hydrogens is 228 g/mol. The molecule has 8 nitrogen and oxygen atoms in total. The van der Waals surface area contributed by atoms with E-state index >= 15 is 0 Å². The maximum absolute atomic E-state index is 10.7. The van der Waals surface area contributed by atoms with Gasteiger partial charge in [0.05, 0.1) is 23.1 Å². The average Bonchev–Trinajstić information content (AvgIpc) is 2.34. The average molecular weight is 238 g/mol. The van der Waals surface area contributed by atoms with Gasteiger partial charge in [-0.15, -0.1) is 0 Å². The second kappa shape index (κ2) is 5.80.